The number of carbonyl (C=O) groups excluding carboxylic acids is 1. The molecule has 0 amide bonds. The molecule has 0 heterocycles. The van der Waals surface area contributed by atoms with Gasteiger partial charge in [-0.15, -0.1) is 0 Å². The Morgan fingerprint density at radius 2 is 1.68 bits per heavy atom. The molecule has 0 aliphatic carbocycles. The summed E-state index contributed by atoms with van der Waals surface area (Å²) in [5.41, 5.74) is 5.19. The lowest BCUT2D eigenvalue weighted by atomic mass is 9.75. The Balaban J connectivity index is 2.21. The number of benzene rings is 2. The van der Waals surface area contributed by atoms with E-state index < -0.39 is 5.41 Å². The van der Waals surface area contributed by atoms with Crippen LogP contribution in [0, 0.1) is 10.8 Å². The average Bonchev–Trinajstić information content (AvgIpc) is 2.45. The zero-order chi connectivity index (χ0) is 16.4. The monoisotopic (exact) mass is 299 g/mol. The van der Waals surface area contributed by atoms with Gasteiger partial charge in [-0.2, -0.15) is 0 Å². The largest absolute Gasteiger partial charge is 0.426 e. The van der Waals surface area contributed by atoms with E-state index in [1.54, 1.807) is 0 Å². The highest BCUT2D eigenvalue weighted by molar-refractivity contribution is 5.85. The molecule has 1 unspecified atom stereocenters. The van der Waals surface area contributed by atoms with E-state index in [2.05, 4.69) is 20.8 Å². The van der Waals surface area contributed by atoms with Crippen molar-refractivity contribution in [3.05, 3.63) is 42.5 Å². The first-order valence-corrected chi connectivity index (χ1v) is 7.65. The van der Waals surface area contributed by atoms with Gasteiger partial charge in [-0.1, -0.05) is 51.1 Å². The van der Waals surface area contributed by atoms with E-state index >= 15 is 0 Å². The third-order valence-corrected chi connectivity index (χ3v) is 3.80. The van der Waals surface area contributed by atoms with Crippen LogP contribution in [0.1, 0.15) is 34.1 Å². The minimum Gasteiger partial charge on any atom is -0.426 e. The summed E-state index contributed by atoms with van der Waals surface area (Å²) < 4.78 is 5.61. The van der Waals surface area contributed by atoms with Crippen LogP contribution < -0.4 is 10.5 Å². The second-order valence-electron chi connectivity index (χ2n) is 7.40. The smallest absolute Gasteiger partial charge is 0.318 e. The van der Waals surface area contributed by atoms with Crippen LogP contribution in [-0.2, 0) is 4.79 Å². The van der Waals surface area contributed by atoms with Gasteiger partial charge in [0.25, 0.3) is 0 Å². The number of esters is 1. The number of fused-ring (bicyclic) bond motifs is 1. The molecule has 0 radical (unpaired) electrons. The molecule has 0 aromatic heterocycles. The summed E-state index contributed by atoms with van der Waals surface area (Å²) >= 11 is 0. The molecule has 0 aliphatic rings. The fourth-order valence-electron chi connectivity index (χ4n) is 2.86. The van der Waals surface area contributed by atoms with E-state index in [1.165, 1.54) is 0 Å². The maximum Gasteiger partial charge on any atom is 0.318 e. The molecule has 2 aromatic carbocycles. The number of carbonyl (C=O) groups is 1. The van der Waals surface area contributed by atoms with Crippen molar-refractivity contribution in [1.29, 1.82) is 0 Å². The molecular formula is C19H25NO2. The molecular weight excluding hydrogens is 274 g/mol. The Kier molecular flexibility index (Phi) is 4.57. The van der Waals surface area contributed by atoms with Crippen LogP contribution in [0.3, 0.4) is 0 Å². The van der Waals surface area contributed by atoms with Crippen LogP contribution in [0.2, 0.25) is 0 Å². The van der Waals surface area contributed by atoms with Gasteiger partial charge < -0.3 is 10.5 Å². The second kappa shape index (κ2) is 6.09. The van der Waals surface area contributed by atoms with E-state index in [9.17, 15) is 4.79 Å². The molecule has 3 heteroatoms. The summed E-state index contributed by atoms with van der Waals surface area (Å²) in [7, 11) is 0. The minimum atomic E-state index is -0.677. The van der Waals surface area contributed by atoms with E-state index in [-0.39, 0.29) is 17.9 Å². The van der Waals surface area contributed by atoms with Crippen molar-refractivity contribution in [2.45, 2.75) is 34.1 Å². The number of ether oxygens (including phenoxy) is 1. The molecule has 0 bridgehead atoms. The summed E-state index contributed by atoms with van der Waals surface area (Å²) in [6.45, 7) is 8.46. The fourth-order valence-corrected chi connectivity index (χ4v) is 2.86. The van der Waals surface area contributed by atoms with Crippen molar-refractivity contribution in [3.63, 3.8) is 0 Å². The van der Waals surface area contributed by atoms with Crippen LogP contribution >= 0.6 is 0 Å². The van der Waals surface area contributed by atoms with Gasteiger partial charge in [-0.3, -0.25) is 4.79 Å². The molecule has 1 atom stereocenters. The summed E-state index contributed by atoms with van der Waals surface area (Å²) in [6, 6.07) is 13.7. The predicted octanol–water partition coefficient (Wildman–Crippen LogP) is 4.15. The third-order valence-electron chi connectivity index (χ3n) is 3.80. The molecule has 0 saturated carbocycles. The van der Waals surface area contributed by atoms with Crippen molar-refractivity contribution >= 4 is 16.7 Å². The van der Waals surface area contributed by atoms with Gasteiger partial charge in [0.15, 0.2) is 0 Å². The van der Waals surface area contributed by atoms with Gasteiger partial charge in [0, 0.05) is 6.54 Å². The van der Waals surface area contributed by atoms with Gasteiger partial charge in [-0.25, -0.2) is 0 Å². The lowest BCUT2D eigenvalue weighted by Crippen LogP contribution is -2.41. The van der Waals surface area contributed by atoms with Crippen LogP contribution in [0.25, 0.3) is 10.8 Å². The van der Waals surface area contributed by atoms with Gasteiger partial charge in [0.05, 0.1) is 5.41 Å². The van der Waals surface area contributed by atoms with Crippen LogP contribution in [-0.4, -0.2) is 12.5 Å². The van der Waals surface area contributed by atoms with E-state index in [4.69, 9.17) is 10.5 Å². The molecule has 0 aliphatic heterocycles. The van der Waals surface area contributed by atoms with Crippen LogP contribution in [0.15, 0.2) is 42.5 Å². The summed E-state index contributed by atoms with van der Waals surface area (Å²) in [5.74, 6) is 0.303. The fraction of sp³-hybridized carbons (Fsp3) is 0.421. The predicted molar refractivity (Wildman–Crippen MR) is 90.8 cm³/mol. The van der Waals surface area contributed by atoms with Crippen molar-refractivity contribution in [1.82, 2.24) is 0 Å². The number of hydrogen-bond acceptors (Lipinski definition) is 3. The maximum atomic E-state index is 12.6. The topological polar surface area (TPSA) is 52.3 Å². The highest BCUT2D eigenvalue weighted by Gasteiger charge is 2.37. The van der Waals surface area contributed by atoms with Gasteiger partial charge >= 0.3 is 5.97 Å². The number of hydrogen-bond donors (Lipinski definition) is 1. The molecule has 2 N–H and O–H groups in total. The van der Waals surface area contributed by atoms with Crippen molar-refractivity contribution < 1.29 is 9.53 Å². The normalized spacial score (nSPS) is 14.6. The van der Waals surface area contributed by atoms with Crippen LogP contribution in [0.4, 0.5) is 0 Å². The Morgan fingerprint density at radius 1 is 1.05 bits per heavy atom. The quantitative estimate of drug-likeness (QED) is 0.681. The Bertz CT molecular complexity index is 672. The first-order valence-electron chi connectivity index (χ1n) is 7.65. The van der Waals surface area contributed by atoms with Crippen LogP contribution in [0.5, 0.6) is 5.75 Å². The zero-order valence-electron chi connectivity index (χ0n) is 13.8. The lowest BCUT2D eigenvalue weighted by Gasteiger charge is -2.32. The van der Waals surface area contributed by atoms with Crippen molar-refractivity contribution in [3.8, 4) is 5.75 Å². The lowest BCUT2D eigenvalue weighted by molar-refractivity contribution is -0.146. The first-order chi connectivity index (χ1) is 10.2. The van der Waals surface area contributed by atoms with E-state index in [0.717, 1.165) is 10.8 Å². The molecule has 3 nitrogen and oxygen atoms in total. The highest BCUT2D eigenvalue weighted by atomic mass is 16.5. The first kappa shape index (κ1) is 16.5. The Labute approximate surface area is 132 Å². The van der Waals surface area contributed by atoms with Gasteiger partial charge in [0.1, 0.15) is 5.75 Å². The number of nitrogens with two attached hydrogens (primary N) is 1. The molecule has 22 heavy (non-hydrogen) atoms. The average molecular weight is 299 g/mol. The molecule has 2 aromatic rings. The van der Waals surface area contributed by atoms with Crippen molar-refractivity contribution in [2.24, 2.45) is 16.6 Å². The highest BCUT2D eigenvalue weighted by Crippen LogP contribution is 2.34. The molecule has 118 valence electrons. The maximum absolute atomic E-state index is 12.6. The van der Waals surface area contributed by atoms with E-state index in [0.29, 0.717) is 12.2 Å². The summed E-state index contributed by atoms with van der Waals surface area (Å²) in [5, 5.41) is 2.18. The van der Waals surface area contributed by atoms with Gasteiger partial charge in [0.2, 0.25) is 0 Å². The van der Waals surface area contributed by atoms with Crippen molar-refractivity contribution in [2.75, 3.05) is 6.54 Å². The second-order valence-corrected chi connectivity index (χ2v) is 7.40. The number of rotatable bonds is 4. The molecule has 0 saturated heterocycles. The van der Waals surface area contributed by atoms with Gasteiger partial charge in [-0.05, 0) is 41.7 Å². The molecule has 2 rings (SSSR count). The molecule has 0 spiro atoms. The van der Waals surface area contributed by atoms with E-state index in [1.807, 2.05) is 49.4 Å². The standard InChI is InChI=1S/C19H25NO2/c1-18(2,3)12-19(4,13-20)17(21)22-16-10-9-14-7-5-6-8-15(14)11-16/h5-11H,12-13,20H2,1-4H3. The summed E-state index contributed by atoms with van der Waals surface area (Å²) in [6.07, 6.45) is 0.683. The zero-order valence-corrected chi connectivity index (χ0v) is 13.8. The third kappa shape index (κ3) is 3.86. The SMILES string of the molecule is CC(C)(C)CC(C)(CN)C(=O)Oc1ccc2ccccc2c1. The minimum absolute atomic E-state index is 0.0104. The Hall–Kier alpha value is -1.87. The molecule has 0 fully saturated rings. The summed E-state index contributed by atoms with van der Waals surface area (Å²) in [4.78, 5) is 12.6. The Morgan fingerprint density at radius 3 is 2.27 bits per heavy atom.